The summed E-state index contributed by atoms with van der Waals surface area (Å²) in [6.45, 7) is 6.05. The molecule has 1 heterocycles. The van der Waals surface area contributed by atoms with Crippen molar-refractivity contribution in [2.45, 2.75) is 24.2 Å². The molecular weight excluding hydrogens is 326 g/mol. The van der Waals surface area contributed by atoms with Gasteiger partial charge in [0.2, 0.25) is 0 Å². The molecule has 0 amide bonds. The third kappa shape index (κ3) is 4.16. The van der Waals surface area contributed by atoms with Gasteiger partial charge in [0.1, 0.15) is 11.6 Å². The summed E-state index contributed by atoms with van der Waals surface area (Å²) in [6.07, 6.45) is 3.73. The number of anilines is 1. The minimum Gasteiger partial charge on any atom is -0.354 e. The zero-order valence-corrected chi connectivity index (χ0v) is 14.2. The first-order valence-corrected chi connectivity index (χ1v) is 8.84. The fourth-order valence-electron chi connectivity index (χ4n) is 2.71. The number of nitrogens with one attached hydrogen (secondary N) is 1. The van der Waals surface area contributed by atoms with Crippen molar-refractivity contribution in [3.63, 3.8) is 0 Å². The van der Waals surface area contributed by atoms with Crippen LogP contribution in [-0.2, 0) is 0 Å². The predicted molar refractivity (Wildman–Crippen MR) is 96.7 cm³/mol. The van der Waals surface area contributed by atoms with Crippen LogP contribution in [0.2, 0.25) is 0 Å². The molecule has 126 valence electrons. The highest BCUT2D eigenvalue weighted by molar-refractivity contribution is 7.97. The number of piperidine rings is 1. The van der Waals surface area contributed by atoms with Crippen LogP contribution in [0, 0.1) is 11.6 Å². The Hall–Kier alpha value is -1.85. The standard InChI is InChI=1S/C19H20F2N2S/c1-14(16-10-9-15(20)13-17(16)21)22-18-7-3-4-8-19(18)24-23-11-5-2-6-12-23/h3-4,7-10,13,22H,1-2,5-6,11-12H2. The van der Waals surface area contributed by atoms with Gasteiger partial charge in [-0.15, -0.1) is 0 Å². The van der Waals surface area contributed by atoms with Crippen LogP contribution in [0.1, 0.15) is 24.8 Å². The lowest BCUT2D eigenvalue weighted by molar-refractivity contribution is 0.380. The van der Waals surface area contributed by atoms with Crippen molar-refractivity contribution in [3.8, 4) is 0 Å². The van der Waals surface area contributed by atoms with Gasteiger partial charge >= 0.3 is 0 Å². The number of para-hydroxylation sites is 1. The summed E-state index contributed by atoms with van der Waals surface area (Å²) in [6, 6.07) is 11.4. The molecule has 3 rings (SSSR count). The molecule has 2 nitrogen and oxygen atoms in total. The Morgan fingerprint density at radius 2 is 1.79 bits per heavy atom. The van der Waals surface area contributed by atoms with E-state index in [4.69, 9.17) is 0 Å². The summed E-state index contributed by atoms with van der Waals surface area (Å²) in [5.74, 6) is -1.21. The van der Waals surface area contributed by atoms with Crippen molar-refractivity contribution in [2.75, 3.05) is 18.4 Å². The number of hydrogen-bond donors (Lipinski definition) is 1. The minimum absolute atomic E-state index is 0.272. The summed E-state index contributed by atoms with van der Waals surface area (Å²) in [5, 5.41) is 3.17. The monoisotopic (exact) mass is 346 g/mol. The molecule has 0 aromatic heterocycles. The van der Waals surface area contributed by atoms with Gasteiger partial charge in [-0.1, -0.05) is 25.1 Å². The van der Waals surface area contributed by atoms with E-state index >= 15 is 0 Å². The van der Waals surface area contributed by atoms with Crippen molar-refractivity contribution in [1.29, 1.82) is 0 Å². The maximum atomic E-state index is 13.9. The summed E-state index contributed by atoms with van der Waals surface area (Å²) in [4.78, 5) is 1.07. The van der Waals surface area contributed by atoms with Crippen molar-refractivity contribution in [1.82, 2.24) is 4.31 Å². The van der Waals surface area contributed by atoms with Crippen LogP contribution in [-0.4, -0.2) is 17.4 Å². The Labute approximate surface area is 145 Å². The molecule has 0 aliphatic carbocycles. The highest BCUT2D eigenvalue weighted by Crippen LogP contribution is 2.33. The van der Waals surface area contributed by atoms with Crippen LogP contribution in [0.3, 0.4) is 0 Å². The Balaban J connectivity index is 1.75. The summed E-state index contributed by atoms with van der Waals surface area (Å²) in [5.41, 5.74) is 1.56. The van der Waals surface area contributed by atoms with E-state index in [1.807, 2.05) is 24.3 Å². The Bertz CT molecular complexity index is 727. The first kappa shape index (κ1) is 17.0. The molecular formula is C19H20F2N2S. The van der Waals surface area contributed by atoms with Crippen LogP contribution < -0.4 is 5.32 Å². The van der Waals surface area contributed by atoms with Crippen molar-refractivity contribution in [2.24, 2.45) is 0 Å². The molecule has 5 heteroatoms. The van der Waals surface area contributed by atoms with Crippen LogP contribution in [0.15, 0.2) is 53.9 Å². The number of rotatable bonds is 5. The predicted octanol–water partition coefficient (Wildman–Crippen LogP) is 5.54. The lowest BCUT2D eigenvalue weighted by Crippen LogP contribution is -2.22. The Kier molecular flexibility index (Phi) is 5.53. The Morgan fingerprint density at radius 1 is 1.04 bits per heavy atom. The second-order valence-electron chi connectivity index (χ2n) is 5.80. The van der Waals surface area contributed by atoms with Gasteiger partial charge in [0.15, 0.2) is 0 Å². The number of nitrogens with zero attached hydrogens (tertiary/aromatic N) is 1. The number of hydrogen-bond acceptors (Lipinski definition) is 3. The van der Waals surface area contributed by atoms with Gasteiger partial charge in [0.05, 0.1) is 5.69 Å². The quantitative estimate of drug-likeness (QED) is 0.716. The summed E-state index contributed by atoms with van der Waals surface area (Å²) >= 11 is 1.71. The van der Waals surface area contributed by atoms with Crippen LogP contribution >= 0.6 is 11.9 Å². The van der Waals surface area contributed by atoms with E-state index in [1.165, 1.54) is 31.4 Å². The largest absolute Gasteiger partial charge is 0.354 e. The molecule has 1 fully saturated rings. The molecule has 0 atom stereocenters. The summed E-state index contributed by atoms with van der Waals surface area (Å²) < 4.78 is 29.3. The minimum atomic E-state index is -0.617. The zero-order chi connectivity index (χ0) is 16.9. The molecule has 2 aromatic rings. The average molecular weight is 346 g/mol. The number of halogens is 2. The smallest absolute Gasteiger partial charge is 0.135 e. The van der Waals surface area contributed by atoms with Gasteiger partial charge in [0.25, 0.3) is 0 Å². The fourth-order valence-corrected chi connectivity index (χ4v) is 3.78. The normalized spacial score (nSPS) is 15.2. The topological polar surface area (TPSA) is 15.3 Å². The van der Waals surface area contributed by atoms with Crippen molar-refractivity contribution in [3.05, 3.63) is 66.2 Å². The van der Waals surface area contributed by atoms with Gasteiger partial charge < -0.3 is 5.32 Å². The highest BCUT2D eigenvalue weighted by Gasteiger charge is 2.14. The molecule has 0 spiro atoms. The molecule has 0 bridgehead atoms. The molecule has 1 aliphatic rings. The third-order valence-electron chi connectivity index (χ3n) is 3.97. The third-order valence-corrected chi connectivity index (χ3v) is 5.15. The highest BCUT2D eigenvalue weighted by atomic mass is 32.2. The second-order valence-corrected chi connectivity index (χ2v) is 6.94. The van der Waals surface area contributed by atoms with Gasteiger partial charge in [-0.2, -0.15) is 0 Å². The zero-order valence-electron chi connectivity index (χ0n) is 13.4. The lowest BCUT2D eigenvalue weighted by Gasteiger charge is -2.26. The van der Waals surface area contributed by atoms with Gasteiger partial charge in [-0.05, 0) is 49.1 Å². The second kappa shape index (κ2) is 7.81. The first-order chi connectivity index (χ1) is 11.6. The molecule has 0 saturated carbocycles. The van der Waals surface area contributed by atoms with E-state index in [0.29, 0.717) is 5.70 Å². The maximum absolute atomic E-state index is 13.9. The number of benzene rings is 2. The fraction of sp³-hybridized carbons (Fsp3) is 0.263. The van der Waals surface area contributed by atoms with Crippen LogP contribution in [0.25, 0.3) is 5.70 Å². The van der Waals surface area contributed by atoms with Crippen molar-refractivity contribution < 1.29 is 8.78 Å². The molecule has 1 aliphatic heterocycles. The van der Waals surface area contributed by atoms with Gasteiger partial charge in [0, 0.05) is 35.3 Å². The van der Waals surface area contributed by atoms with Crippen LogP contribution in [0.4, 0.5) is 14.5 Å². The first-order valence-electron chi connectivity index (χ1n) is 8.07. The molecule has 1 N–H and O–H groups in total. The van der Waals surface area contributed by atoms with Gasteiger partial charge in [-0.3, -0.25) is 0 Å². The summed E-state index contributed by atoms with van der Waals surface area (Å²) in [7, 11) is 0. The molecule has 24 heavy (non-hydrogen) atoms. The SMILES string of the molecule is C=C(Nc1ccccc1SN1CCCCC1)c1ccc(F)cc1F. The van der Waals surface area contributed by atoms with E-state index in [9.17, 15) is 8.78 Å². The van der Waals surface area contributed by atoms with E-state index in [2.05, 4.69) is 16.2 Å². The van der Waals surface area contributed by atoms with E-state index in [-0.39, 0.29) is 5.56 Å². The van der Waals surface area contributed by atoms with Gasteiger partial charge in [-0.25, -0.2) is 13.1 Å². The van der Waals surface area contributed by atoms with E-state index in [1.54, 1.807) is 11.9 Å². The molecule has 1 saturated heterocycles. The average Bonchev–Trinajstić information content (AvgIpc) is 2.57. The molecule has 2 aromatic carbocycles. The maximum Gasteiger partial charge on any atom is 0.135 e. The molecule has 0 unspecified atom stereocenters. The van der Waals surface area contributed by atoms with Crippen LogP contribution in [0.5, 0.6) is 0 Å². The lowest BCUT2D eigenvalue weighted by atomic mass is 10.1. The van der Waals surface area contributed by atoms with Crippen molar-refractivity contribution >= 4 is 23.3 Å². The van der Waals surface area contributed by atoms with E-state index < -0.39 is 11.6 Å². The Morgan fingerprint density at radius 3 is 2.54 bits per heavy atom. The molecule has 0 radical (unpaired) electrons. The van der Waals surface area contributed by atoms with E-state index in [0.717, 1.165) is 29.7 Å².